The van der Waals surface area contributed by atoms with Gasteiger partial charge in [-0.05, 0) is 11.6 Å². The maximum absolute atomic E-state index is 13.3. The van der Waals surface area contributed by atoms with Crippen LogP contribution in [0.5, 0.6) is 0 Å². The smallest absolute Gasteiger partial charge is 0.334 e. The van der Waals surface area contributed by atoms with Crippen LogP contribution in [0.25, 0.3) is 0 Å². The zero-order chi connectivity index (χ0) is 18.0. The van der Waals surface area contributed by atoms with Gasteiger partial charge in [-0.25, -0.2) is 4.79 Å². The Kier molecular flexibility index (Phi) is 3.36. The number of methoxy groups -OCH3 is 3. The number of fused-ring (bicyclic) bond motifs is 2. The van der Waals surface area contributed by atoms with Gasteiger partial charge in [0.1, 0.15) is 0 Å². The molecule has 25 heavy (non-hydrogen) atoms. The topological polar surface area (TPSA) is 73.9 Å². The van der Waals surface area contributed by atoms with E-state index in [0.717, 1.165) is 11.3 Å². The highest BCUT2D eigenvalue weighted by atomic mass is 16.7. The van der Waals surface area contributed by atoms with Crippen LogP contribution in [-0.2, 0) is 29.2 Å². The van der Waals surface area contributed by atoms with Crippen LogP contribution < -0.4 is 5.32 Å². The number of nitrogens with one attached hydrogen (secondary N) is 1. The van der Waals surface area contributed by atoms with Crippen molar-refractivity contribution < 1.29 is 23.8 Å². The van der Waals surface area contributed by atoms with Crippen molar-refractivity contribution in [1.29, 1.82) is 0 Å². The van der Waals surface area contributed by atoms with Gasteiger partial charge in [0.25, 0.3) is 0 Å². The number of para-hydroxylation sites is 1. The average molecular weight is 343 g/mol. The molecule has 6 heteroatoms. The first kappa shape index (κ1) is 16.3. The highest BCUT2D eigenvalue weighted by Gasteiger charge is 2.71. The van der Waals surface area contributed by atoms with Crippen molar-refractivity contribution in [1.82, 2.24) is 0 Å². The monoisotopic (exact) mass is 343 g/mol. The normalized spacial score (nSPS) is 34.0. The molecule has 2 bridgehead atoms. The molecule has 0 radical (unpaired) electrons. The Morgan fingerprint density at radius 3 is 2.48 bits per heavy atom. The molecule has 0 amide bonds. The first-order valence-corrected chi connectivity index (χ1v) is 8.26. The summed E-state index contributed by atoms with van der Waals surface area (Å²) in [6, 6.07) is 7.72. The average Bonchev–Trinajstić information content (AvgIpc) is 2.96. The third kappa shape index (κ3) is 1.71. The van der Waals surface area contributed by atoms with Crippen LogP contribution in [0.3, 0.4) is 0 Å². The summed E-state index contributed by atoms with van der Waals surface area (Å²) < 4.78 is 16.1. The lowest BCUT2D eigenvalue weighted by atomic mass is 9.51. The number of carbonyl (C=O) groups is 2. The quantitative estimate of drug-likeness (QED) is 0.665. The molecule has 4 atom stereocenters. The Morgan fingerprint density at radius 2 is 1.84 bits per heavy atom. The fourth-order valence-corrected chi connectivity index (χ4v) is 4.98. The van der Waals surface area contributed by atoms with Crippen LogP contribution >= 0.6 is 0 Å². The van der Waals surface area contributed by atoms with Gasteiger partial charge in [-0.1, -0.05) is 31.2 Å². The summed E-state index contributed by atoms with van der Waals surface area (Å²) in [7, 11) is 4.22. The Balaban J connectivity index is 1.97. The second kappa shape index (κ2) is 5.16. The van der Waals surface area contributed by atoms with Crippen molar-refractivity contribution in [2.75, 3.05) is 26.6 Å². The van der Waals surface area contributed by atoms with Crippen LogP contribution in [0.2, 0.25) is 0 Å². The molecule has 1 aromatic carbocycles. The van der Waals surface area contributed by atoms with Crippen LogP contribution in [0.15, 0.2) is 35.9 Å². The summed E-state index contributed by atoms with van der Waals surface area (Å²) in [5.41, 5.74) is 2.00. The number of ether oxygens (including phenoxy) is 3. The Morgan fingerprint density at radius 1 is 1.16 bits per heavy atom. The molecular weight excluding hydrogens is 322 g/mol. The molecular formula is C19H21NO5. The molecule has 5 rings (SSSR count). The lowest BCUT2D eigenvalue weighted by Crippen LogP contribution is -2.71. The maximum atomic E-state index is 13.3. The highest BCUT2D eigenvalue weighted by Crippen LogP contribution is 2.60. The maximum Gasteiger partial charge on any atom is 0.334 e. The number of anilines is 1. The van der Waals surface area contributed by atoms with Crippen molar-refractivity contribution in [2.24, 2.45) is 11.8 Å². The lowest BCUT2D eigenvalue weighted by Gasteiger charge is -2.56. The molecule has 0 spiro atoms. The Bertz CT molecular complexity index is 797. The minimum Gasteiger partial charge on any atom is -0.466 e. The Labute approximate surface area is 146 Å². The molecule has 0 saturated heterocycles. The summed E-state index contributed by atoms with van der Waals surface area (Å²) in [4.78, 5) is 25.7. The second-order valence-corrected chi connectivity index (χ2v) is 6.96. The molecule has 1 aliphatic heterocycles. The number of Topliss-reactive ketones (excluding diaryl/α,β-unsaturated/α-hetero) is 1. The van der Waals surface area contributed by atoms with Crippen molar-refractivity contribution >= 4 is 17.4 Å². The van der Waals surface area contributed by atoms with E-state index in [0.29, 0.717) is 5.57 Å². The second-order valence-electron chi connectivity index (χ2n) is 6.96. The Hall–Kier alpha value is -2.18. The fourth-order valence-electron chi connectivity index (χ4n) is 4.98. The van der Waals surface area contributed by atoms with Gasteiger partial charge in [-0.3, -0.25) is 4.79 Å². The fraction of sp³-hybridized carbons (Fsp3) is 0.474. The third-order valence-electron chi connectivity index (χ3n) is 6.19. The number of carbonyl (C=O) groups excluding carboxylic acids is 2. The van der Waals surface area contributed by atoms with E-state index >= 15 is 0 Å². The number of rotatable bonds is 3. The molecule has 0 aromatic heterocycles. The van der Waals surface area contributed by atoms with Crippen LogP contribution in [0.1, 0.15) is 12.5 Å². The molecule has 1 saturated carbocycles. The molecule has 1 heterocycles. The molecule has 1 fully saturated rings. The van der Waals surface area contributed by atoms with Crippen molar-refractivity contribution in [2.45, 2.75) is 24.2 Å². The molecule has 6 nitrogen and oxygen atoms in total. The highest BCUT2D eigenvalue weighted by molar-refractivity contribution is 6.02. The minimum absolute atomic E-state index is 0.160. The van der Waals surface area contributed by atoms with Crippen LogP contribution in [0.4, 0.5) is 5.69 Å². The van der Waals surface area contributed by atoms with E-state index in [-0.39, 0.29) is 11.8 Å². The van der Waals surface area contributed by atoms with E-state index in [2.05, 4.69) is 12.2 Å². The van der Waals surface area contributed by atoms with Crippen LogP contribution in [0, 0.1) is 11.8 Å². The number of ketones is 1. The van der Waals surface area contributed by atoms with Gasteiger partial charge in [-0.15, -0.1) is 0 Å². The van der Waals surface area contributed by atoms with Gasteiger partial charge in [0, 0.05) is 36.9 Å². The van der Waals surface area contributed by atoms with E-state index in [1.165, 1.54) is 21.3 Å². The minimum atomic E-state index is -1.50. The van der Waals surface area contributed by atoms with E-state index in [1.807, 2.05) is 24.3 Å². The van der Waals surface area contributed by atoms with Gasteiger partial charge < -0.3 is 19.5 Å². The largest absolute Gasteiger partial charge is 0.466 e. The van der Waals surface area contributed by atoms with Crippen molar-refractivity contribution in [3.8, 4) is 0 Å². The van der Waals surface area contributed by atoms with Crippen molar-refractivity contribution in [3.05, 3.63) is 41.5 Å². The summed E-state index contributed by atoms with van der Waals surface area (Å²) in [6.45, 7) is 2.06. The zero-order valence-corrected chi connectivity index (χ0v) is 14.7. The van der Waals surface area contributed by atoms with Gasteiger partial charge in [0.2, 0.25) is 5.79 Å². The third-order valence-corrected chi connectivity index (χ3v) is 6.19. The SMILES string of the molecule is COC(=O)C1=C[C@@H]2C(=O)C(OC)(OC)[C@H]1[C@@H]1Nc3ccccc3[C@]21C. The molecule has 1 aromatic rings. The van der Waals surface area contributed by atoms with E-state index in [1.54, 1.807) is 6.08 Å². The summed E-state index contributed by atoms with van der Waals surface area (Å²) >= 11 is 0. The number of benzene rings is 1. The number of allylic oxidation sites excluding steroid dienone is 1. The molecule has 4 aliphatic rings. The predicted molar refractivity (Wildman–Crippen MR) is 90.0 cm³/mol. The van der Waals surface area contributed by atoms with Gasteiger partial charge >= 0.3 is 5.97 Å². The first-order chi connectivity index (χ1) is 12.0. The molecule has 1 N–H and O–H groups in total. The summed E-state index contributed by atoms with van der Waals surface area (Å²) in [5, 5.41) is 3.50. The van der Waals surface area contributed by atoms with Gasteiger partial charge in [0.05, 0.1) is 18.9 Å². The standard InChI is InChI=1S/C19H21NO5/c1-18-11-7-5-6-8-13(11)20-15(18)14-10(17(22)23-2)9-12(18)16(21)19(14,24-3)25-4/h5-9,12,14-15,20H,1-4H3/t12-,14-,15+,18-/m1/s1. The lowest BCUT2D eigenvalue weighted by molar-refractivity contribution is -0.245. The van der Waals surface area contributed by atoms with Gasteiger partial charge in [0.15, 0.2) is 5.78 Å². The summed E-state index contributed by atoms with van der Waals surface area (Å²) in [5.74, 6) is -3.27. The first-order valence-electron chi connectivity index (χ1n) is 8.26. The number of esters is 1. The van der Waals surface area contributed by atoms with Crippen LogP contribution in [-0.4, -0.2) is 44.9 Å². The summed E-state index contributed by atoms with van der Waals surface area (Å²) in [6.07, 6.45) is 1.75. The molecule has 3 aliphatic carbocycles. The molecule has 0 unspecified atom stereocenters. The zero-order valence-electron chi connectivity index (χ0n) is 14.7. The van der Waals surface area contributed by atoms with E-state index < -0.39 is 29.0 Å². The van der Waals surface area contributed by atoms with E-state index in [4.69, 9.17) is 14.2 Å². The van der Waals surface area contributed by atoms with Crippen molar-refractivity contribution in [3.63, 3.8) is 0 Å². The number of hydrogen-bond donors (Lipinski definition) is 1. The van der Waals surface area contributed by atoms with Gasteiger partial charge in [-0.2, -0.15) is 0 Å². The molecule has 132 valence electrons. The predicted octanol–water partition coefficient (Wildman–Crippen LogP) is 1.66. The van der Waals surface area contributed by atoms with E-state index in [9.17, 15) is 9.59 Å². The number of hydrogen-bond acceptors (Lipinski definition) is 6.